The number of methoxy groups -OCH3 is 1. The van der Waals surface area contributed by atoms with E-state index in [2.05, 4.69) is 12.3 Å². The van der Waals surface area contributed by atoms with Crippen LogP contribution in [-0.4, -0.2) is 19.9 Å². The molecule has 72 valence electrons. The summed E-state index contributed by atoms with van der Waals surface area (Å²) in [5, 5.41) is 0. The number of hydrogen-bond donors (Lipinski definition) is 1. The minimum atomic E-state index is 0.681. The molecule has 1 rings (SSSR count). The topological polar surface area (TPSA) is 35.2 Å². The van der Waals surface area contributed by atoms with Crippen LogP contribution in [0.3, 0.4) is 0 Å². The van der Waals surface area contributed by atoms with Gasteiger partial charge < -0.3 is 10.5 Å². The zero-order valence-corrected chi connectivity index (χ0v) is 8.86. The smallest absolute Gasteiger partial charge is 0.132 e. The minimum Gasteiger partial charge on any atom is -0.496 e. The van der Waals surface area contributed by atoms with Crippen molar-refractivity contribution in [3.63, 3.8) is 0 Å². The van der Waals surface area contributed by atoms with Crippen LogP contribution in [0.1, 0.15) is 5.56 Å². The number of hydrogen-bond acceptors (Lipinski definition) is 3. The lowest BCUT2D eigenvalue weighted by atomic mass is 10.1. The summed E-state index contributed by atoms with van der Waals surface area (Å²) < 4.78 is 5.26. The maximum Gasteiger partial charge on any atom is 0.132 e. The highest BCUT2D eigenvalue weighted by Crippen LogP contribution is 2.30. The molecule has 0 radical (unpaired) electrons. The lowest BCUT2D eigenvalue weighted by molar-refractivity contribution is 0.404. The van der Waals surface area contributed by atoms with E-state index in [1.54, 1.807) is 18.9 Å². The first kappa shape index (κ1) is 10.4. The van der Waals surface area contributed by atoms with Gasteiger partial charge >= 0.3 is 0 Å². The maximum atomic E-state index is 5.53. The van der Waals surface area contributed by atoms with Crippen molar-refractivity contribution in [2.45, 2.75) is 11.3 Å². The monoisotopic (exact) mass is 197 g/mol. The average molecular weight is 197 g/mol. The fraction of sp³-hybridized carbons (Fsp3) is 0.400. The van der Waals surface area contributed by atoms with Crippen molar-refractivity contribution < 1.29 is 4.74 Å². The molecule has 0 aromatic heterocycles. The first-order valence-corrected chi connectivity index (χ1v) is 5.46. The van der Waals surface area contributed by atoms with Crippen LogP contribution >= 0.6 is 11.8 Å². The van der Waals surface area contributed by atoms with Crippen LogP contribution < -0.4 is 10.5 Å². The Hall–Kier alpha value is -0.670. The first-order chi connectivity index (χ1) is 6.33. The van der Waals surface area contributed by atoms with Gasteiger partial charge in [0.25, 0.3) is 0 Å². The van der Waals surface area contributed by atoms with Gasteiger partial charge in [-0.3, -0.25) is 0 Å². The van der Waals surface area contributed by atoms with Gasteiger partial charge in [-0.15, -0.1) is 11.8 Å². The van der Waals surface area contributed by atoms with Gasteiger partial charge in [-0.1, -0.05) is 12.1 Å². The van der Waals surface area contributed by atoms with Crippen molar-refractivity contribution in [1.29, 1.82) is 0 Å². The standard InChI is InChI=1S/C10H15NOS/c1-12-9-5-3-4-8(6-7-11)10(9)13-2/h3-5H,6-7,11H2,1-2H3. The number of rotatable bonds is 4. The molecule has 0 spiro atoms. The van der Waals surface area contributed by atoms with Crippen LogP contribution in [-0.2, 0) is 6.42 Å². The summed E-state index contributed by atoms with van der Waals surface area (Å²) in [6, 6.07) is 6.08. The van der Waals surface area contributed by atoms with Gasteiger partial charge in [0.15, 0.2) is 0 Å². The molecule has 0 aliphatic rings. The molecule has 0 bridgehead atoms. The van der Waals surface area contributed by atoms with Crippen molar-refractivity contribution in [3.05, 3.63) is 23.8 Å². The molecule has 0 aliphatic carbocycles. The highest BCUT2D eigenvalue weighted by atomic mass is 32.2. The van der Waals surface area contributed by atoms with Crippen LogP contribution in [0.5, 0.6) is 5.75 Å². The summed E-state index contributed by atoms with van der Waals surface area (Å²) in [5.74, 6) is 0.943. The summed E-state index contributed by atoms with van der Waals surface area (Å²) >= 11 is 1.71. The highest BCUT2D eigenvalue weighted by molar-refractivity contribution is 7.98. The van der Waals surface area contributed by atoms with Gasteiger partial charge in [-0.2, -0.15) is 0 Å². The van der Waals surface area contributed by atoms with Gasteiger partial charge in [0, 0.05) is 0 Å². The Morgan fingerprint density at radius 2 is 2.23 bits per heavy atom. The molecule has 0 atom stereocenters. The van der Waals surface area contributed by atoms with Crippen LogP contribution in [0.2, 0.25) is 0 Å². The van der Waals surface area contributed by atoms with E-state index in [0.717, 1.165) is 12.2 Å². The predicted octanol–water partition coefficient (Wildman–Crippen LogP) is 1.92. The summed E-state index contributed by atoms with van der Waals surface area (Å²) in [6.07, 6.45) is 2.96. The molecular weight excluding hydrogens is 182 g/mol. The van der Waals surface area contributed by atoms with E-state index >= 15 is 0 Å². The molecule has 0 heterocycles. The molecule has 0 aliphatic heterocycles. The van der Waals surface area contributed by atoms with Gasteiger partial charge in [-0.25, -0.2) is 0 Å². The van der Waals surface area contributed by atoms with Crippen molar-refractivity contribution in [2.24, 2.45) is 5.73 Å². The van der Waals surface area contributed by atoms with Gasteiger partial charge in [0.2, 0.25) is 0 Å². The number of nitrogens with two attached hydrogens (primary N) is 1. The van der Waals surface area contributed by atoms with Crippen molar-refractivity contribution in [3.8, 4) is 5.75 Å². The van der Waals surface area contributed by atoms with Crippen molar-refractivity contribution in [1.82, 2.24) is 0 Å². The SMILES string of the molecule is COc1cccc(CCN)c1SC. The van der Waals surface area contributed by atoms with Gasteiger partial charge in [0.1, 0.15) is 5.75 Å². The lowest BCUT2D eigenvalue weighted by Gasteiger charge is -2.10. The number of benzene rings is 1. The van der Waals surface area contributed by atoms with E-state index < -0.39 is 0 Å². The molecule has 3 heteroatoms. The minimum absolute atomic E-state index is 0.681. The molecule has 0 saturated heterocycles. The van der Waals surface area contributed by atoms with E-state index in [0.29, 0.717) is 6.54 Å². The molecule has 2 N–H and O–H groups in total. The third kappa shape index (κ3) is 2.39. The van der Waals surface area contributed by atoms with Gasteiger partial charge in [-0.05, 0) is 30.9 Å². The Labute approximate surface area is 83.5 Å². The van der Waals surface area contributed by atoms with E-state index in [-0.39, 0.29) is 0 Å². The second kappa shape index (κ2) is 5.14. The van der Waals surface area contributed by atoms with E-state index in [9.17, 15) is 0 Å². The van der Waals surface area contributed by atoms with E-state index in [4.69, 9.17) is 10.5 Å². The Bertz CT molecular complexity index is 276. The summed E-state index contributed by atoms with van der Waals surface area (Å²) in [6.45, 7) is 0.681. The summed E-state index contributed by atoms with van der Waals surface area (Å²) in [5.41, 5.74) is 6.80. The zero-order chi connectivity index (χ0) is 9.68. The Kier molecular flexibility index (Phi) is 4.12. The fourth-order valence-corrected chi connectivity index (χ4v) is 2.09. The Balaban J connectivity index is 3.03. The molecular formula is C10H15NOS. The quantitative estimate of drug-likeness (QED) is 0.749. The van der Waals surface area contributed by atoms with Crippen LogP contribution in [0.25, 0.3) is 0 Å². The second-order valence-electron chi connectivity index (χ2n) is 2.69. The van der Waals surface area contributed by atoms with Crippen LogP contribution in [0, 0.1) is 0 Å². The lowest BCUT2D eigenvalue weighted by Crippen LogP contribution is -2.04. The summed E-state index contributed by atoms with van der Waals surface area (Å²) in [4.78, 5) is 1.20. The van der Waals surface area contributed by atoms with E-state index in [1.165, 1.54) is 10.5 Å². The molecule has 0 fully saturated rings. The average Bonchev–Trinajstić information content (AvgIpc) is 2.18. The number of ether oxygens (including phenoxy) is 1. The zero-order valence-electron chi connectivity index (χ0n) is 8.04. The molecule has 0 saturated carbocycles. The molecule has 0 unspecified atom stereocenters. The van der Waals surface area contributed by atoms with E-state index in [1.807, 2.05) is 12.1 Å². The molecule has 2 nitrogen and oxygen atoms in total. The molecule has 0 amide bonds. The largest absolute Gasteiger partial charge is 0.496 e. The Morgan fingerprint density at radius 3 is 2.77 bits per heavy atom. The van der Waals surface area contributed by atoms with Crippen molar-refractivity contribution >= 4 is 11.8 Å². The molecule has 1 aromatic carbocycles. The Morgan fingerprint density at radius 1 is 1.46 bits per heavy atom. The van der Waals surface area contributed by atoms with Crippen LogP contribution in [0.15, 0.2) is 23.1 Å². The fourth-order valence-electron chi connectivity index (χ4n) is 1.31. The summed E-state index contributed by atoms with van der Waals surface area (Å²) in [7, 11) is 1.70. The second-order valence-corrected chi connectivity index (χ2v) is 3.51. The third-order valence-corrected chi connectivity index (χ3v) is 2.77. The van der Waals surface area contributed by atoms with Gasteiger partial charge in [0.05, 0.1) is 12.0 Å². The third-order valence-electron chi connectivity index (χ3n) is 1.90. The molecule has 1 aromatic rings. The predicted molar refractivity (Wildman–Crippen MR) is 57.5 cm³/mol. The molecule has 13 heavy (non-hydrogen) atoms. The first-order valence-electron chi connectivity index (χ1n) is 4.23. The van der Waals surface area contributed by atoms with Crippen LogP contribution in [0.4, 0.5) is 0 Å². The highest BCUT2D eigenvalue weighted by Gasteiger charge is 2.06. The maximum absolute atomic E-state index is 5.53. The van der Waals surface area contributed by atoms with Crippen molar-refractivity contribution in [2.75, 3.05) is 19.9 Å². The normalized spacial score (nSPS) is 10.1. The number of thioether (sulfide) groups is 1.